The van der Waals surface area contributed by atoms with Gasteiger partial charge in [0.25, 0.3) is 0 Å². The number of nitrogens with zero attached hydrogens (tertiary/aromatic N) is 1. The molecule has 0 aliphatic carbocycles. The van der Waals surface area contributed by atoms with Crippen molar-refractivity contribution in [3.63, 3.8) is 0 Å². The number of amides is 1. The zero-order valence-corrected chi connectivity index (χ0v) is 18.7. The average Bonchev–Trinajstić information content (AvgIpc) is 2.41. The monoisotopic (exact) mass is 456 g/mol. The minimum absolute atomic E-state index is 0. The van der Waals surface area contributed by atoms with Crippen LogP contribution in [0.1, 0.15) is 60.8 Å². The lowest BCUT2D eigenvalue weighted by Crippen LogP contribution is -2.43. The molecular weight excluding hydrogens is 419 g/mol. The number of hydrogen-bond donors (Lipinski definition) is 3. The number of rotatable bonds is 8. The molecule has 24 heavy (non-hydrogen) atoms. The van der Waals surface area contributed by atoms with Gasteiger partial charge in [0.15, 0.2) is 5.96 Å². The smallest absolute Gasteiger partial charge is 0.407 e. The molecule has 0 heterocycles. The largest absolute Gasteiger partial charge is 0.444 e. The number of hydrogen-bond acceptors (Lipinski definition) is 3. The third-order valence-corrected chi connectivity index (χ3v) is 3.10. The Morgan fingerprint density at radius 1 is 1.08 bits per heavy atom. The van der Waals surface area contributed by atoms with E-state index >= 15 is 0 Å². The summed E-state index contributed by atoms with van der Waals surface area (Å²) in [5.41, 5.74) is -0.458. The number of carbonyl (C=O) groups is 1. The fourth-order valence-electron chi connectivity index (χ4n) is 1.88. The summed E-state index contributed by atoms with van der Waals surface area (Å²) >= 11 is 0. The number of halogens is 1. The van der Waals surface area contributed by atoms with Gasteiger partial charge < -0.3 is 20.7 Å². The molecule has 0 rings (SSSR count). The predicted octanol–water partition coefficient (Wildman–Crippen LogP) is 3.51. The van der Waals surface area contributed by atoms with E-state index in [4.69, 9.17) is 4.74 Å². The van der Waals surface area contributed by atoms with Crippen molar-refractivity contribution in [1.82, 2.24) is 16.0 Å². The van der Waals surface area contributed by atoms with Gasteiger partial charge in [0.1, 0.15) is 5.60 Å². The van der Waals surface area contributed by atoms with Crippen LogP contribution < -0.4 is 16.0 Å². The summed E-state index contributed by atoms with van der Waals surface area (Å²) in [6.45, 7) is 13.5. The summed E-state index contributed by atoms with van der Waals surface area (Å²) in [5.74, 6) is 1.52. The Morgan fingerprint density at radius 2 is 1.67 bits per heavy atom. The summed E-state index contributed by atoms with van der Waals surface area (Å²) in [6.07, 6.45) is 2.76. The van der Waals surface area contributed by atoms with Crippen molar-refractivity contribution in [2.45, 2.75) is 72.4 Å². The van der Waals surface area contributed by atoms with Gasteiger partial charge in [-0.25, -0.2) is 4.79 Å². The van der Waals surface area contributed by atoms with Crippen molar-refractivity contribution in [2.75, 3.05) is 20.1 Å². The molecule has 0 saturated heterocycles. The van der Waals surface area contributed by atoms with Gasteiger partial charge in [-0.1, -0.05) is 13.8 Å². The maximum absolute atomic E-state index is 11.5. The van der Waals surface area contributed by atoms with Crippen molar-refractivity contribution < 1.29 is 9.53 Å². The number of alkyl carbamates (subject to hydrolysis) is 1. The van der Waals surface area contributed by atoms with Crippen LogP contribution in [0.2, 0.25) is 0 Å². The van der Waals surface area contributed by atoms with Gasteiger partial charge in [0.2, 0.25) is 0 Å². The highest BCUT2D eigenvalue weighted by molar-refractivity contribution is 14.0. The molecule has 0 aliphatic heterocycles. The highest BCUT2D eigenvalue weighted by atomic mass is 127. The molecule has 1 unspecified atom stereocenters. The molecule has 1 atom stereocenters. The van der Waals surface area contributed by atoms with Crippen molar-refractivity contribution in [3.05, 3.63) is 0 Å². The summed E-state index contributed by atoms with van der Waals surface area (Å²) in [6, 6.07) is 0.392. The second kappa shape index (κ2) is 13.5. The van der Waals surface area contributed by atoms with Crippen LogP contribution in [-0.4, -0.2) is 43.8 Å². The highest BCUT2D eigenvalue weighted by Gasteiger charge is 2.15. The normalized spacial score (nSPS) is 13.1. The molecule has 0 spiro atoms. The van der Waals surface area contributed by atoms with Crippen molar-refractivity contribution >= 4 is 36.0 Å². The lowest BCUT2D eigenvalue weighted by molar-refractivity contribution is 0.0527. The quantitative estimate of drug-likeness (QED) is 0.226. The van der Waals surface area contributed by atoms with E-state index in [9.17, 15) is 4.79 Å². The first kappa shape index (κ1) is 25.5. The standard InChI is InChI=1S/C17H36N4O2.HI/c1-13(2)9-10-14(3)21-15(18-7)19-11-8-12-20-16(22)23-17(4,5)6;/h13-14H,8-12H2,1-7H3,(H,20,22)(H2,18,19,21);1H. The fourth-order valence-corrected chi connectivity index (χ4v) is 1.88. The van der Waals surface area contributed by atoms with Crippen molar-refractivity contribution in [1.29, 1.82) is 0 Å². The molecule has 0 aromatic rings. The van der Waals surface area contributed by atoms with Crippen LogP contribution in [0.4, 0.5) is 4.79 Å². The van der Waals surface area contributed by atoms with E-state index in [1.54, 1.807) is 7.05 Å². The summed E-state index contributed by atoms with van der Waals surface area (Å²) < 4.78 is 5.18. The lowest BCUT2D eigenvalue weighted by Gasteiger charge is -2.20. The molecule has 0 bridgehead atoms. The van der Waals surface area contributed by atoms with Crippen LogP contribution in [0.5, 0.6) is 0 Å². The van der Waals surface area contributed by atoms with E-state index in [0.717, 1.165) is 25.3 Å². The van der Waals surface area contributed by atoms with Crippen LogP contribution >= 0.6 is 24.0 Å². The molecule has 0 radical (unpaired) electrons. The molecule has 0 aliphatic rings. The van der Waals surface area contributed by atoms with Crippen molar-refractivity contribution in [2.24, 2.45) is 10.9 Å². The van der Waals surface area contributed by atoms with E-state index in [2.05, 4.69) is 41.7 Å². The second-order valence-electron chi connectivity index (χ2n) is 7.30. The Morgan fingerprint density at radius 3 is 2.17 bits per heavy atom. The first-order valence-electron chi connectivity index (χ1n) is 8.58. The maximum atomic E-state index is 11.5. The van der Waals surface area contributed by atoms with Crippen LogP contribution in [0.15, 0.2) is 4.99 Å². The Balaban J connectivity index is 0. The maximum Gasteiger partial charge on any atom is 0.407 e. The molecule has 0 aromatic heterocycles. The highest BCUT2D eigenvalue weighted by Crippen LogP contribution is 2.06. The fraction of sp³-hybridized carbons (Fsp3) is 0.882. The second-order valence-corrected chi connectivity index (χ2v) is 7.30. The minimum atomic E-state index is -0.458. The van der Waals surface area contributed by atoms with Crippen LogP contribution in [0.25, 0.3) is 0 Å². The van der Waals surface area contributed by atoms with E-state index in [1.165, 1.54) is 6.42 Å². The number of aliphatic imine (C=N–C) groups is 1. The zero-order valence-electron chi connectivity index (χ0n) is 16.4. The first-order valence-corrected chi connectivity index (χ1v) is 8.58. The van der Waals surface area contributed by atoms with Gasteiger partial charge in [-0.05, 0) is 52.9 Å². The number of carbonyl (C=O) groups excluding carboxylic acids is 1. The summed E-state index contributed by atoms with van der Waals surface area (Å²) in [4.78, 5) is 15.7. The van der Waals surface area contributed by atoms with E-state index in [0.29, 0.717) is 18.5 Å². The third-order valence-electron chi connectivity index (χ3n) is 3.10. The molecule has 0 aromatic carbocycles. The van der Waals surface area contributed by atoms with Crippen LogP contribution in [-0.2, 0) is 4.74 Å². The molecule has 0 saturated carbocycles. The minimum Gasteiger partial charge on any atom is -0.444 e. The number of guanidine groups is 1. The summed E-state index contributed by atoms with van der Waals surface area (Å²) in [5, 5.41) is 9.38. The van der Waals surface area contributed by atoms with E-state index in [1.807, 2.05) is 20.8 Å². The Hall–Kier alpha value is -0.730. The first-order chi connectivity index (χ1) is 10.6. The van der Waals surface area contributed by atoms with Crippen molar-refractivity contribution in [3.8, 4) is 0 Å². The van der Waals surface area contributed by atoms with Gasteiger partial charge in [0.05, 0.1) is 0 Å². The topological polar surface area (TPSA) is 74.8 Å². The molecule has 3 N–H and O–H groups in total. The van der Waals surface area contributed by atoms with E-state index in [-0.39, 0.29) is 30.1 Å². The van der Waals surface area contributed by atoms with Gasteiger partial charge in [-0.3, -0.25) is 4.99 Å². The number of nitrogens with one attached hydrogen (secondary N) is 3. The molecule has 1 amide bonds. The van der Waals surface area contributed by atoms with E-state index < -0.39 is 5.60 Å². The molecule has 6 nitrogen and oxygen atoms in total. The number of ether oxygens (including phenoxy) is 1. The molecular formula is C17H37IN4O2. The van der Waals surface area contributed by atoms with Crippen LogP contribution in [0, 0.1) is 5.92 Å². The van der Waals surface area contributed by atoms with Crippen LogP contribution in [0.3, 0.4) is 0 Å². The lowest BCUT2D eigenvalue weighted by atomic mass is 10.0. The summed E-state index contributed by atoms with van der Waals surface area (Å²) in [7, 11) is 1.77. The third kappa shape index (κ3) is 16.1. The Kier molecular flexibility index (Phi) is 14.4. The SMILES string of the molecule is CN=C(NCCCNC(=O)OC(C)(C)C)NC(C)CCC(C)C.I. The van der Waals surface area contributed by atoms with Gasteiger partial charge in [-0.15, -0.1) is 24.0 Å². The average molecular weight is 456 g/mol. The molecule has 7 heteroatoms. The van der Waals surface area contributed by atoms with Gasteiger partial charge in [0, 0.05) is 26.2 Å². The Bertz CT molecular complexity index is 368. The van der Waals surface area contributed by atoms with Gasteiger partial charge in [-0.2, -0.15) is 0 Å². The molecule has 0 fully saturated rings. The van der Waals surface area contributed by atoms with Gasteiger partial charge >= 0.3 is 6.09 Å². The zero-order chi connectivity index (χ0) is 17.9. The predicted molar refractivity (Wildman–Crippen MR) is 112 cm³/mol. The molecule has 144 valence electrons. The Labute approximate surface area is 165 Å².